The lowest BCUT2D eigenvalue weighted by molar-refractivity contribution is -0.112. The third-order valence-electron chi connectivity index (χ3n) is 6.04. The van der Waals surface area contributed by atoms with Crippen LogP contribution in [-0.4, -0.2) is 35.7 Å². The molecule has 0 aromatic heterocycles. The van der Waals surface area contributed by atoms with Gasteiger partial charge < -0.3 is 25.6 Å². The summed E-state index contributed by atoms with van der Waals surface area (Å²) in [4.78, 5) is 38.3. The fourth-order valence-electron chi connectivity index (χ4n) is 4.17. The van der Waals surface area contributed by atoms with E-state index in [4.69, 9.17) is 15.2 Å². The maximum atomic E-state index is 13.0. The molecule has 40 heavy (non-hydrogen) atoms. The van der Waals surface area contributed by atoms with Crippen LogP contribution in [0, 0.1) is 0 Å². The molecule has 0 unspecified atom stereocenters. The van der Waals surface area contributed by atoms with Crippen molar-refractivity contribution < 1.29 is 29.0 Å². The number of fused-ring (bicyclic) bond motifs is 1. The highest BCUT2D eigenvalue weighted by Crippen LogP contribution is 2.35. The van der Waals surface area contributed by atoms with Crippen LogP contribution >= 0.6 is 0 Å². The Morgan fingerprint density at radius 2 is 1.57 bits per heavy atom. The van der Waals surface area contributed by atoms with Gasteiger partial charge in [-0.3, -0.25) is 14.9 Å². The lowest BCUT2D eigenvalue weighted by atomic mass is 9.96. The minimum absolute atomic E-state index is 0.0464. The first kappa shape index (κ1) is 27.9. The quantitative estimate of drug-likeness (QED) is 0.166. The molecule has 0 aliphatic rings. The second kappa shape index (κ2) is 13.1. The van der Waals surface area contributed by atoms with Crippen LogP contribution in [0.25, 0.3) is 10.8 Å². The molecular weight excluding hydrogens is 510 g/mol. The summed E-state index contributed by atoms with van der Waals surface area (Å²) in [5.74, 6) is -1.06. The van der Waals surface area contributed by atoms with Crippen LogP contribution in [-0.2, 0) is 14.3 Å². The van der Waals surface area contributed by atoms with Gasteiger partial charge in [0.1, 0.15) is 11.9 Å². The van der Waals surface area contributed by atoms with E-state index in [-0.39, 0.29) is 17.9 Å². The van der Waals surface area contributed by atoms with Crippen molar-refractivity contribution in [3.8, 4) is 5.75 Å². The first-order chi connectivity index (χ1) is 19.4. The van der Waals surface area contributed by atoms with Gasteiger partial charge in [-0.15, -0.1) is 0 Å². The number of nitrogens with two attached hydrogens (primary N) is 1. The number of nitrogen functional groups attached to an aromatic ring is 1. The van der Waals surface area contributed by atoms with Gasteiger partial charge in [0.25, 0.3) is 5.91 Å². The van der Waals surface area contributed by atoms with Gasteiger partial charge in [-0.2, -0.15) is 0 Å². The molecule has 0 spiro atoms. The minimum atomic E-state index is -1.10. The predicted molar refractivity (Wildman–Crippen MR) is 153 cm³/mol. The Morgan fingerprint density at radius 1 is 0.900 bits per heavy atom. The SMILES string of the molecule is CCO[C@H](/C=C/C(=O)Nc1ccccc1N)[C@H](OC(=O)NC(=O)c1ccccc1)c1ccc(O)c2ccccc12. The van der Waals surface area contributed by atoms with Crippen molar-refractivity contribution in [2.24, 2.45) is 0 Å². The van der Waals surface area contributed by atoms with Crippen LogP contribution in [0.3, 0.4) is 0 Å². The van der Waals surface area contributed by atoms with Crippen molar-refractivity contribution in [2.75, 3.05) is 17.7 Å². The first-order valence-electron chi connectivity index (χ1n) is 12.6. The van der Waals surface area contributed by atoms with Crippen molar-refractivity contribution in [3.05, 3.63) is 114 Å². The molecule has 3 amide bonds. The number of carbonyl (C=O) groups is 3. The fraction of sp³-hybridized carbons (Fsp3) is 0.129. The lowest BCUT2D eigenvalue weighted by Crippen LogP contribution is -2.35. The Labute approximate surface area is 231 Å². The normalized spacial score (nSPS) is 12.5. The molecule has 4 aromatic rings. The van der Waals surface area contributed by atoms with Gasteiger partial charge in [0.05, 0.1) is 11.4 Å². The molecule has 0 fully saturated rings. The summed E-state index contributed by atoms with van der Waals surface area (Å²) in [7, 11) is 0. The molecule has 4 rings (SSSR count). The van der Waals surface area contributed by atoms with E-state index in [0.29, 0.717) is 27.7 Å². The van der Waals surface area contributed by atoms with Crippen molar-refractivity contribution >= 4 is 40.1 Å². The smallest absolute Gasteiger partial charge is 0.414 e. The topological polar surface area (TPSA) is 140 Å². The van der Waals surface area contributed by atoms with Gasteiger partial charge in [0.2, 0.25) is 5.91 Å². The van der Waals surface area contributed by atoms with Gasteiger partial charge in [-0.25, -0.2) is 4.79 Å². The van der Waals surface area contributed by atoms with Crippen LogP contribution in [0.4, 0.5) is 16.2 Å². The molecule has 0 saturated heterocycles. The molecule has 0 bridgehead atoms. The van der Waals surface area contributed by atoms with Crippen molar-refractivity contribution in [1.29, 1.82) is 0 Å². The summed E-state index contributed by atoms with van der Waals surface area (Å²) in [5.41, 5.74) is 7.56. The number of para-hydroxylation sites is 2. The van der Waals surface area contributed by atoms with Crippen molar-refractivity contribution in [2.45, 2.75) is 19.1 Å². The Morgan fingerprint density at radius 3 is 2.30 bits per heavy atom. The zero-order valence-electron chi connectivity index (χ0n) is 21.7. The Kier molecular flexibility index (Phi) is 9.11. The molecule has 0 saturated carbocycles. The summed E-state index contributed by atoms with van der Waals surface area (Å²) in [6.07, 6.45) is -0.306. The Bertz CT molecular complexity index is 1540. The number of phenolic OH excluding ortho intramolecular Hbond substituents is 1. The summed E-state index contributed by atoms with van der Waals surface area (Å²) < 4.78 is 11.7. The number of hydrogen-bond donors (Lipinski definition) is 4. The number of alkyl carbamates (subject to hydrolysis) is 1. The number of amides is 3. The first-order valence-corrected chi connectivity index (χ1v) is 12.6. The van der Waals surface area contributed by atoms with E-state index in [9.17, 15) is 19.5 Å². The number of hydrogen-bond acceptors (Lipinski definition) is 7. The van der Waals surface area contributed by atoms with Crippen molar-refractivity contribution in [1.82, 2.24) is 5.32 Å². The lowest BCUT2D eigenvalue weighted by Gasteiger charge is -2.26. The van der Waals surface area contributed by atoms with E-state index in [1.165, 1.54) is 18.2 Å². The third kappa shape index (κ3) is 6.83. The number of phenols is 1. The number of carbonyl (C=O) groups excluding carboxylic acids is 3. The minimum Gasteiger partial charge on any atom is -0.507 e. The van der Waals surface area contributed by atoms with E-state index in [2.05, 4.69) is 10.6 Å². The van der Waals surface area contributed by atoms with Crippen molar-refractivity contribution in [3.63, 3.8) is 0 Å². The van der Waals surface area contributed by atoms with Gasteiger partial charge in [0.15, 0.2) is 6.10 Å². The van der Waals surface area contributed by atoms with E-state index in [1.54, 1.807) is 91.9 Å². The van der Waals surface area contributed by atoms with Gasteiger partial charge in [0, 0.05) is 29.2 Å². The Balaban J connectivity index is 1.66. The highest BCUT2D eigenvalue weighted by Gasteiger charge is 2.29. The maximum Gasteiger partial charge on any atom is 0.414 e. The molecular formula is C31H29N3O6. The molecule has 204 valence electrons. The largest absolute Gasteiger partial charge is 0.507 e. The second-order valence-corrected chi connectivity index (χ2v) is 8.72. The van der Waals surface area contributed by atoms with Crippen LogP contribution in [0.15, 0.2) is 103 Å². The number of nitrogens with one attached hydrogen (secondary N) is 2. The predicted octanol–water partition coefficient (Wildman–Crippen LogP) is 5.34. The molecule has 0 aliphatic carbocycles. The number of anilines is 2. The molecule has 0 radical (unpaired) electrons. The van der Waals surface area contributed by atoms with E-state index >= 15 is 0 Å². The van der Waals surface area contributed by atoms with Gasteiger partial charge in [-0.05, 0) is 48.7 Å². The zero-order valence-corrected chi connectivity index (χ0v) is 21.7. The zero-order chi connectivity index (χ0) is 28.5. The molecule has 9 nitrogen and oxygen atoms in total. The average Bonchev–Trinajstić information content (AvgIpc) is 2.96. The van der Waals surface area contributed by atoms with Crippen LogP contribution < -0.4 is 16.4 Å². The molecule has 9 heteroatoms. The fourth-order valence-corrected chi connectivity index (χ4v) is 4.17. The summed E-state index contributed by atoms with van der Waals surface area (Å²) >= 11 is 0. The summed E-state index contributed by atoms with van der Waals surface area (Å²) in [5, 5.41) is 16.5. The average molecular weight is 540 g/mol. The highest BCUT2D eigenvalue weighted by atomic mass is 16.6. The molecule has 2 atom stereocenters. The number of benzene rings is 4. The van der Waals surface area contributed by atoms with E-state index in [0.717, 1.165) is 0 Å². The standard InChI is InChI=1S/C31H29N3O6/c1-2-39-27(18-19-28(36)33-25-15-9-8-14-24(25)32)29(23-16-17-26(35)22-13-7-6-12-21(22)23)40-31(38)34-30(37)20-10-4-3-5-11-20/h3-19,27,29,35H,2,32H2,1H3,(H,33,36)(H,34,37,38)/b19-18+/t27-,29-/m1/s1. The molecule has 5 N–H and O–H groups in total. The van der Waals surface area contributed by atoms with Crippen LogP contribution in [0.5, 0.6) is 5.75 Å². The van der Waals surface area contributed by atoms with E-state index in [1.807, 2.05) is 0 Å². The maximum absolute atomic E-state index is 13.0. The van der Waals surface area contributed by atoms with E-state index < -0.39 is 30.1 Å². The summed E-state index contributed by atoms with van der Waals surface area (Å²) in [6, 6.07) is 25.2. The number of rotatable bonds is 9. The van der Waals surface area contributed by atoms with Crippen LogP contribution in [0.1, 0.15) is 28.9 Å². The number of imide groups is 1. The third-order valence-corrected chi connectivity index (χ3v) is 6.04. The Hall–Kier alpha value is -5.15. The molecule has 0 heterocycles. The second-order valence-electron chi connectivity index (χ2n) is 8.72. The summed E-state index contributed by atoms with van der Waals surface area (Å²) in [6.45, 7) is 1.99. The monoisotopic (exact) mass is 539 g/mol. The molecule has 0 aliphatic heterocycles. The number of aromatic hydroxyl groups is 1. The van der Waals surface area contributed by atoms with Crippen LogP contribution in [0.2, 0.25) is 0 Å². The van der Waals surface area contributed by atoms with Gasteiger partial charge >= 0.3 is 6.09 Å². The van der Waals surface area contributed by atoms with Gasteiger partial charge in [-0.1, -0.05) is 60.7 Å². The highest BCUT2D eigenvalue weighted by molar-refractivity contribution is 6.03. The number of ether oxygens (including phenoxy) is 2. The molecule has 4 aromatic carbocycles.